The highest BCUT2D eigenvalue weighted by Gasteiger charge is 2.19. The smallest absolute Gasteiger partial charge is 0.333 e. The second-order valence-corrected chi connectivity index (χ2v) is 12.6. The second-order valence-electron chi connectivity index (χ2n) is 9.36. The molecule has 1 aromatic carbocycles. The molecule has 5 rings (SSSR count). The van der Waals surface area contributed by atoms with E-state index in [1.54, 1.807) is 37.4 Å². The highest BCUT2D eigenvalue weighted by Crippen LogP contribution is 2.21. The van der Waals surface area contributed by atoms with Crippen LogP contribution in [0.4, 0.5) is 16.2 Å². The van der Waals surface area contributed by atoms with Gasteiger partial charge < -0.3 is 15.4 Å². The van der Waals surface area contributed by atoms with E-state index in [9.17, 15) is 18.0 Å². The average Bonchev–Trinajstić information content (AvgIpc) is 3.39. The largest absolute Gasteiger partial charge is 0.385 e. The van der Waals surface area contributed by atoms with Crippen molar-refractivity contribution in [1.82, 2.24) is 19.2 Å². The number of amides is 2. The first-order chi connectivity index (χ1) is 19.3. The van der Waals surface area contributed by atoms with Gasteiger partial charge in [0.05, 0.1) is 25.1 Å². The van der Waals surface area contributed by atoms with Gasteiger partial charge in [0.25, 0.3) is 15.6 Å². The Morgan fingerprint density at radius 3 is 2.60 bits per heavy atom. The predicted molar refractivity (Wildman–Crippen MR) is 156 cm³/mol. The maximum Gasteiger partial charge on any atom is 0.333 e. The number of benzene rings is 1. The Labute approximate surface area is 235 Å². The van der Waals surface area contributed by atoms with E-state index in [1.165, 1.54) is 16.8 Å². The minimum Gasteiger partial charge on any atom is -0.385 e. The van der Waals surface area contributed by atoms with Gasteiger partial charge in [0, 0.05) is 41.8 Å². The number of anilines is 2. The van der Waals surface area contributed by atoms with Gasteiger partial charge in [-0.15, -0.1) is 11.3 Å². The molecule has 1 aliphatic rings. The van der Waals surface area contributed by atoms with E-state index in [4.69, 9.17) is 4.74 Å². The fourth-order valence-electron chi connectivity index (χ4n) is 4.39. The molecule has 1 saturated heterocycles. The third kappa shape index (κ3) is 6.67. The highest BCUT2D eigenvalue weighted by molar-refractivity contribution is 7.92. The number of nitrogens with zero attached hydrogens (tertiary/aromatic N) is 3. The molecular weight excluding hydrogens is 552 g/mol. The quantitative estimate of drug-likeness (QED) is 0.256. The number of hydrogen-bond donors (Lipinski definition) is 3. The van der Waals surface area contributed by atoms with Crippen LogP contribution in [-0.4, -0.2) is 68.3 Å². The molecule has 1 fully saturated rings. The zero-order valence-corrected chi connectivity index (χ0v) is 23.6. The predicted octanol–water partition coefficient (Wildman–Crippen LogP) is 3.40. The van der Waals surface area contributed by atoms with Crippen LogP contribution in [0.1, 0.15) is 11.3 Å². The number of ether oxygens (including phenoxy) is 1. The van der Waals surface area contributed by atoms with Gasteiger partial charge >= 0.3 is 6.03 Å². The molecule has 2 amide bonds. The zero-order valence-electron chi connectivity index (χ0n) is 21.9. The maximum absolute atomic E-state index is 13.2. The number of fused-ring (bicyclic) bond motifs is 1. The number of thiophene rings is 1. The summed E-state index contributed by atoms with van der Waals surface area (Å²) in [6, 6.07) is 12.8. The summed E-state index contributed by atoms with van der Waals surface area (Å²) >= 11 is 1.07. The summed E-state index contributed by atoms with van der Waals surface area (Å²) in [7, 11) is -3.97. The third-order valence-corrected chi connectivity index (χ3v) is 9.27. The molecule has 40 heavy (non-hydrogen) atoms. The van der Waals surface area contributed by atoms with E-state index in [0.717, 1.165) is 73.1 Å². The van der Waals surface area contributed by atoms with Crippen molar-refractivity contribution in [3.63, 3.8) is 0 Å². The summed E-state index contributed by atoms with van der Waals surface area (Å²) < 4.78 is 33.5. The fraction of sp³-hybridized carbons (Fsp3) is 0.296. The van der Waals surface area contributed by atoms with Crippen molar-refractivity contribution in [2.24, 2.45) is 0 Å². The number of sulfonamides is 1. The maximum atomic E-state index is 13.2. The van der Waals surface area contributed by atoms with Gasteiger partial charge in [-0.05, 0) is 73.8 Å². The summed E-state index contributed by atoms with van der Waals surface area (Å²) in [6.45, 7) is 7.19. The Hall–Kier alpha value is -3.78. The molecule has 0 aliphatic carbocycles. The van der Waals surface area contributed by atoms with Crippen molar-refractivity contribution in [3.8, 4) is 5.82 Å². The van der Waals surface area contributed by atoms with Crippen LogP contribution in [0.2, 0.25) is 0 Å². The van der Waals surface area contributed by atoms with E-state index in [-0.39, 0.29) is 15.5 Å². The summed E-state index contributed by atoms with van der Waals surface area (Å²) in [5.41, 5.74) is 1.01. The number of aryl methyl sites for hydroxylation is 1. The molecule has 4 heterocycles. The molecule has 13 heteroatoms. The van der Waals surface area contributed by atoms with Gasteiger partial charge in [-0.2, -0.15) is 0 Å². The number of rotatable bonds is 9. The molecule has 1 aliphatic heterocycles. The summed E-state index contributed by atoms with van der Waals surface area (Å²) in [5, 5.41) is 7.26. The average molecular weight is 583 g/mol. The number of aromatic nitrogens is 2. The van der Waals surface area contributed by atoms with E-state index < -0.39 is 16.1 Å². The first-order valence-corrected chi connectivity index (χ1v) is 15.1. The fourth-order valence-corrected chi connectivity index (χ4v) is 6.58. The molecular formula is C27H30N6O5S2. The van der Waals surface area contributed by atoms with Crippen LogP contribution < -0.4 is 20.9 Å². The van der Waals surface area contributed by atoms with Crippen LogP contribution in [0, 0.1) is 6.92 Å². The molecule has 3 N–H and O–H groups in total. The molecule has 3 aromatic heterocycles. The van der Waals surface area contributed by atoms with Crippen molar-refractivity contribution >= 4 is 49.5 Å². The molecule has 11 nitrogen and oxygen atoms in total. The van der Waals surface area contributed by atoms with Crippen molar-refractivity contribution in [2.45, 2.75) is 17.6 Å². The van der Waals surface area contributed by atoms with Gasteiger partial charge in [0.2, 0.25) is 0 Å². The van der Waals surface area contributed by atoms with Crippen molar-refractivity contribution in [2.75, 3.05) is 50.0 Å². The molecule has 0 atom stereocenters. The Balaban J connectivity index is 1.20. The Bertz CT molecular complexity index is 1660. The molecule has 0 unspecified atom stereocenters. The van der Waals surface area contributed by atoms with Crippen LogP contribution in [0.25, 0.3) is 16.6 Å². The van der Waals surface area contributed by atoms with E-state index in [2.05, 4.69) is 20.5 Å². The molecule has 0 bridgehead atoms. The number of carbonyl (C=O) groups excluding carboxylic acids is 1. The number of carbonyl (C=O) groups is 1. The minimum atomic E-state index is -3.97. The van der Waals surface area contributed by atoms with Crippen molar-refractivity contribution in [1.29, 1.82) is 0 Å². The standard InChI is InChI=1S/C27H30N6O5S2/c1-19-3-8-25(39-19)40(36,37)31-27(35)30-22-5-7-24(29-18-22)33-12-9-20-17-21(4-6-23(20)26(33)34)28-10-2-11-32-13-15-38-16-14-32/h3-9,12,17-18,28H,2,10-11,13-16H2,1H3,(H2,30,31,35). The van der Waals surface area contributed by atoms with E-state index >= 15 is 0 Å². The van der Waals surface area contributed by atoms with Gasteiger partial charge in [-0.25, -0.2) is 22.9 Å². The summed E-state index contributed by atoms with van der Waals surface area (Å²) in [4.78, 5) is 32.9. The molecule has 210 valence electrons. The number of urea groups is 1. The number of nitrogens with one attached hydrogen (secondary N) is 3. The van der Waals surface area contributed by atoms with Crippen LogP contribution in [0.3, 0.4) is 0 Å². The third-order valence-electron chi connectivity index (χ3n) is 6.45. The first-order valence-electron chi connectivity index (χ1n) is 12.8. The lowest BCUT2D eigenvalue weighted by Gasteiger charge is -2.26. The van der Waals surface area contributed by atoms with Crippen LogP contribution in [0.5, 0.6) is 0 Å². The summed E-state index contributed by atoms with van der Waals surface area (Å²) in [5.74, 6) is 0.366. The van der Waals surface area contributed by atoms with Crippen molar-refractivity contribution in [3.05, 3.63) is 76.2 Å². The van der Waals surface area contributed by atoms with Gasteiger partial charge in [0.15, 0.2) is 0 Å². The normalized spacial score (nSPS) is 14.2. The molecule has 0 radical (unpaired) electrons. The lowest BCUT2D eigenvalue weighted by atomic mass is 10.1. The Morgan fingerprint density at radius 2 is 1.88 bits per heavy atom. The Morgan fingerprint density at radius 1 is 1.07 bits per heavy atom. The molecule has 0 spiro atoms. The number of morpholine rings is 1. The Kier molecular flexibility index (Phi) is 8.45. The topological polar surface area (TPSA) is 135 Å². The molecule has 0 saturated carbocycles. The minimum absolute atomic E-state index is 0.0518. The SMILES string of the molecule is Cc1ccc(S(=O)(=O)NC(=O)Nc2ccc(-n3ccc4cc(NCCCN5CCOCC5)ccc4c3=O)nc2)s1. The number of hydrogen-bond acceptors (Lipinski definition) is 9. The number of pyridine rings is 2. The zero-order chi connectivity index (χ0) is 28.1. The van der Waals surface area contributed by atoms with Crippen LogP contribution >= 0.6 is 11.3 Å². The van der Waals surface area contributed by atoms with Crippen molar-refractivity contribution < 1.29 is 17.9 Å². The van der Waals surface area contributed by atoms with Crippen LogP contribution in [-0.2, 0) is 14.8 Å². The lowest BCUT2D eigenvalue weighted by Crippen LogP contribution is -2.37. The van der Waals surface area contributed by atoms with Crippen LogP contribution in [0.15, 0.2) is 69.9 Å². The monoisotopic (exact) mass is 582 g/mol. The van der Waals surface area contributed by atoms with E-state index in [0.29, 0.717) is 11.2 Å². The summed E-state index contributed by atoms with van der Waals surface area (Å²) in [6.07, 6.45) is 4.03. The lowest BCUT2D eigenvalue weighted by molar-refractivity contribution is 0.0378. The molecule has 4 aromatic rings. The van der Waals surface area contributed by atoms with Gasteiger partial charge in [0.1, 0.15) is 10.0 Å². The van der Waals surface area contributed by atoms with Gasteiger partial charge in [-0.1, -0.05) is 0 Å². The second kappa shape index (κ2) is 12.2. The highest BCUT2D eigenvalue weighted by atomic mass is 32.2. The van der Waals surface area contributed by atoms with E-state index in [1.807, 2.05) is 22.9 Å². The first kappa shape index (κ1) is 27.8. The van der Waals surface area contributed by atoms with Gasteiger partial charge in [-0.3, -0.25) is 14.3 Å².